The number of nitrogens with zero attached hydrogens (tertiary/aromatic N) is 5. The number of carbonyl (C=O) groups excluding carboxylic acids is 2. The van der Waals surface area contributed by atoms with E-state index in [1.807, 2.05) is 30.5 Å². The quantitative estimate of drug-likeness (QED) is 0.210. The van der Waals surface area contributed by atoms with E-state index in [1.165, 1.54) is 17.5 Å². The molecule has 0 saturated carbocycles. The van der Waals surface area contributed by atoms with Crippen molar-refractivity contribution in [2.75, 3.05) is 5.73 Å². The molecular formula is C32H25F2N7O3S. The highest BCUT2D eigenvalue weighted by molar-refractivity contribution is 7.14. The minimum atomic E-state index is -1.66. The lowest BCUT2D eigenvalue weighted by Crippen LogP contribution is -2.15. The molecule has 13 heteroatoms. The molecule has 4 aromatic heterocycles. The first kappa shape index (κ1) is 29.5. The predicted molar refractivity (Wildman–Crippen MR) is 166 cm³/mol. The summed E-state index contributed by atoms with van der Waals surface area (Å²) in [7, 11) is 0. The molecule has 0 bridgehead atoms. The summed E-state index contributed by atoms with van der Waals surface area (Å²) < 4.78 is 27.8. The van der Waals surface area contributed by atoms with Gasteiger partial charge in [0.05, 0.1) is 16.7 Å². The van der Waals surface area contributed by atoms with Gasteiger partial charge in [-0.05, 0) is 79.8 Å². The summed E-state index contributed by atoms with van der Waals surface area (Å²) in [6.45, 7) is 2.05. The molecule has 5 N–H and O–H groups in total. The summed E-state index contributed by atoms with van der Waals surface area (Å²) in [4.78, 5) is 40.7. The first-order valence-electron chi connectivity index (χ1n) is 13.8. The van der Waals surface area contributed by atoms with E-state index in [4.69, 9.17) is 26.5 Å². The summed E-state index contributed by atoms with van der Waals surface area (Å²) in [5.41, 5.74) is 16.8. The van der Waals surface area contributed by atoms with E-state index in [0.29, 0.717) is 11.9 Å². The van der Waals surface area contributed by atoms with Crippen molar-refractivity contribution < 1.29 is 23.5 Å². The fraction of sp³-hybridized carbons (Fsp3) is 0.125. The predicted octanol–water partition coefficient (Wildman–Crippen LogP) is 5.57. The summed E-state index contributed by atoms with van der Waals surface area (Å²) in [6, 6.07) is 15.2. The van der Waals surface area contributed by atoms with Crippen LogP contribution in [0.3, 0.4) is 0 Å². The Labute approximate surface area is 259 Å². The molecule has 0 unspecified atom stereocenters. The molecule has 4 heterocycles. The maximum atomic E-state index is 12.9. The number of benzene rings is 2. The first-order valence-corrected chi connectivity index (χ1v) is 14.6. The lowest BCUT2D eigenvalue weighted by atomic mass is 10.1. The zero-order chi connectivity index (χ0) is 31.8. The lowest BCUT2D eigenvalue weighted by Gasteiger charge is -2.12. The van der Waals surface area contributed by atoms with Gasteiger partial charge < -0.3 is 16.6 Å². The van der Waals surface area contributed by atoms with E-state index in [9.17, 15) is 18.4 Å². The Kier molecular flexibility index (Phi) is 7.77. The number of anilines is 1. The minimum Gasteiger partial charge on any atom is -0.504 e. The van der Waals surface area contributed by atoms with Crippen molar-refractivity contribution in [3.63, 3.8) is 0 Å². The van der Waals surface area contributed by atoms with E-state index in [2.05, 4.69) is 39.7 Å². The van der Waals surface area contributed by atoms with E-state index in [1.54, 1.807) is 17.5 Å². The number of nitrogens with two attached hydrogens (primary N) is 2. The van der Waals surface area contributed by atoms with Gasteiger partial charge in [-0.15, -0.1) is 11.3 Å². The Bertz CT molecular complexity index is 2130. The van der Waals surface area contributed by atoms with Gasteiger partial charge in [-0.2, -0.15) is 4.39 Å². The van der Waals surface area contributed by atoms with Crippen LogP contribution in [0, 0.1) is 18.6 Å². The highest BCUT2D eigenvalue weighted by atomic mass is 32.1. The molecule has 0 atom stereocenters. The van der Waals surface area contributed by atoms with Crippen LogP contribution in [0.1, 0.15) is 43.1 Å². The van der Waals surface area contributed by atoms with E-state index in [-0.39, 0.29) is 6.29 Å². The van der Waals surface area contributed by atoms with Crippen LogP contribution in [0.4, 0.5) is 14.6 Å². The fourth-order valence-corrected chi connectivity index (χ4v) is 5.92. The SMILES string of the molecule is Cc1cnc(-c2ccc3nc(-c4cccnc4N)n(-c4ccc5c(c4)CCC5)c3n2)s1.NC(=O)c1cc(C=O)c(O)c(F)c1F. The highest BCUT2D eigenvalue weighted by Crippen LogP contribution is 2.34. The third kappa shape index (κ3) is 5.49. The number of aldehydes is 1. The number of thiazole rings is 1. The van der Waals surface area contributed by atoms with Crippen LogP contribution in [0.5, 0.6) is 5.75 Å². The molecule has 45 heavy (non-hydrogen) atoms. The molecule has 2 aromatic carbocycles. The van der Waals surface area contributed by atoms with Crippen LogP contribution < -0.4 is 11.5 Å². The number of phenols is 1. The second-order valence-corrected chi connectivity index (χ2v) is 11.5. The number of aromatic hydroxyl groups is 1. The van der Waals surface area contributed by atoms with Crippen molar-refractivity contribution in [1.29, 1.82) is 0 Å². The van der Waals surface area contributed by atoms with Crippen LogP contribution in [-0.4, -0.2) is 41.8 Å². The normalized spacial score (nSPS) is 12.1. The first-order chi connectivity index (χ1) is 21.7. The highest BCUT2D eigenvalue weighted by Gasteiger charge is 2.22. The molecule has 6 aromatic rings. The van der Waals surface area contributed by atoms with Crippen molar-refractivity contribution >= 4 is 40.5 Å². The van der Waals surface area contributed by atoms with E-state index >= 15 is 0 Å². The van der Waals surface area contributed by atoms with Gasteiger partial charge in [-0.1, -0.05) is 6.07 Å². The van der Waals surface area contributed by atoms with Crippen LogP contribution >= 0.6 is 11.3 Å². The number of phenolic OH excluding ortho intramolecular Hbond substituents is 1. The number of hydrogen-bond donors (Lipinski definition) is 3. The number of nitrogen functional groups attached to an aromatic ring is 1. The monoisotopic (exact) mass is 625 g/mol. The third-order valence-corrected chi connectivity index (χ3v) is 8.30. The fourth-order valence-electron chi connectivity index (χ4n) is 5.18. The average Bonchev–Trinajstić information content (AvgIpc) is 3.78. The minimum absolute atomic E-state index is 0.0876. The van der Waals surface area contributed by atoms with Gasteiger partial charge in [0.2, 0.25) is 5.82 Å². The van der Waals surface area contributed by atoms with Crippen LogP contribution in [0.25, 0.3) is 38.9 Å². The lowest BCUT2D eigenvalue weighted by molar-refractivity contribution is 0.0995. The second-order valence-electron chi connectivity index (χ2n) is 10.3. The summed E-state index contributed by atoms with van der Waals surface area (Å²) in [5.74, 6) is -4.38. The Hall–Kier alpha value is -5.56. The number of aryl methyl sites for hydroxylation is 3. The number of hydrogen-bond acceptors (Lipinski definition) is 9. The molecule has 1 amide bonds. The Morgan fingerprint density at radius 2 is 1.84 bits per heavy atom. The molecule has 7 rings (SSSR count). The zero-order valence-corrected chi connectivity index (χ0v) is 24.6. The average molecular weight is 626 g/mol. The number of fused-ring (bicyclic) bond motifs is 2. The molecule has 0 spiro atoms. The Morgan fingerprint density at radius 1 is 1.04 bits per heavy atom. The van der Waals surface area contributed by atoms with Gasteiger partial charge in [0.1, 0.15) is 22.0 Å². The van der Waals surface area contributed by atoms with Gasteiger partial charge in [0.25, 0.3) is 5.91 Å². The number of imidazole rings is 1. The van der Waals surface area contributed by atoms with Gasteiger partial charge in [-0.3, -0.25) is 14.2 Å². The number of carbonyl (C=O) groups is 2. The summed E-state index contributed by atoms with van der Waals surface area (Å²) in [6.07, 6.45) is 7.13. The van der Waals surface area contributed by atoms with Crippen LogP contribution in [0.2, 0.25) is 0 Å². The topological polar surface area (TPSA) is 163 Å². The molecular weight excluding hydrogens is 600 g/mol. The number of pyridine rings is 2. The number of rotatable bonds is 5. The summed E-state index contributed by atoms with van der Waals surface area (Å²) >= 11 is 1.64. The van der Waals surface area contributed by atoms with Crippen LogP contribution in [0.15, 0.2) is 60.9 Å². The standard InChI is InChI=1S/C24H20N6S.C8H5F2NO3/c1-14-13-27-24(31-14)20-10-9-19-23(29-20)30(17-8-7-15-4-2-5-16(15)12-17)22(28-19)18-6-3-11-26-21(18)25;9-5-4(8(11)14)1-3(2-12)7(13)6(5)10/h3,6-13H,2,4-5H2,1H3,(H2,25,26);1-2,13H,(H2,11,14). The van der Waals surface area contributed by atoms with Crippen molar-refractivity contribution in [3.05, 3.63) is 99.7 Å². The van der Waals surface area contributed by atoms with Crippen molar-refractivity contribution in [1.82, 2.24) is 24.5 Å². The molecule has 0 fully saturated rings. The van der Waals surface area contributed by atoms with Crippen molar-refractivity contribution in [2.45, 2.75) is 26.2 Å². The summed E-state index contributed by atoms with van der Waals surface area (Å²) in [5, 5.41) is 9.79. The van der Waals surface area contributed by atoms with Crippen LogP contribution in [-0.2, 0) is 12.8 Å². The van der Waals surface area contributed by atoms with Crippen molar-refractivity contribution in [2.24, 2.45) is 5.73 Å². The number of amides is 1. The zero-order valence-electron chi connectivity index (χ0n) is 23.8. The maximum Gasteiger partial charge on any atom is 0.251 e. The number of halogens is 2. The molecule has 0 saturated heterocycles. The number of aromatic nitrogens is 5. The largest absolute Gasteiger partial charge is 0.504 e. The maximum absolute atomic E-state index is 12.9. The molecule has 10 nitrogen and oxygen atoms in total. The molecule has 226 valence electrons. The van der Waals surface area contributed by atoms with Gasteiger partial charge >= 0.3 is 0 Å². The smallest absolute Gasteiger partial charge is 0.251 e. The molecule has 0 aliphatic heterocycles. The van der Waals surface area contributed by atoms with E-state index in [0.717, 1.165) is 56.7 Å². The molecule has 1 aliphatic rings. The molecule has 0 radical (unpaired) electrons. The van der Waals surface area contributed by atoms with Gasteiger partial charge in [0.15, 0.2) is 29.3 Å². The second kappa shape index (κ2) is 11.8. The molecule has 1 aliphatic carbocycles. The third-order valence-electron chi connectivity index (χ3n) is 7.37. The Morgan fingerprint density at radius 3 is 2.56 bits per heavy atom. The number of primary amides is 1. The Balaban J connectivity index is 0.000000216. The van der Waals surface area contributed by atoms with Crippen molar-refractivity contribution in [3.8, 4) is 33.5 Å². The van der Waals surface area contributed by atoms with Gasteiger partial charge in [-0.25, -0.2) is 24.3 Å². The van der Waals surface area contributed by atoms with E-state index < -0.39 is 34.4 Å². The van der Waals surface area contributed by atoms with Gasteiger partial charge in [0, 0.05) is 23.0 Å².